The molecule has 0 aromatic heterocycles. The molecule has 3 amide bonds. The first-order valence-corrected chi connectivity index (χ1v) is 9.88. The second-order valence-electron chi connectivity index (χ2n) is 7.99. The number of allylic oxidation sites excluding steroid dienone is 2. The molecule has 1 aliphatic carbocycles. The molecule has 2 aromatic rings. The molecule has 5 nitrogen and oxygen atoms in total. The van der Waals surface area contributed by atoms with Crippen LogP contribution in [0, 0.1) is 25.7 Å². The van der Waals surface area contributed by atoms with Crippen LogP contribution >= 0.6 is 0 Å². The van der Waals surface area contributed by atoms with E-state index in [1.165, 1.54) is 4.90 Å². The van der Waals surface area contributed by atoms with Crippen molar-refractivity contribution in [3.05, 3.63) is 70.8 Å². The molecular weight excluding hydrogens is 364 g/mol. The van der Waals surface area contributed by atoms with Gasteiger partial charge in [-0.2, -0.15) is 0 Å². The van der Waals surface area contributed by atoms with Crippen molar-refractivity contribution in [1.29, 1.82) is 0 Å². The summed E-state index contributed by atoms with van der Waals surface area (Å²) < 4.78 is 0. The summed E-state index contributed by atoms with van der Waals surface area (Å²) in [6, 6.07) is 12.6. The van der Waals surface area contributed by atoms with Crippen molar-refractivity contribution >= 4 is 29.1 Å². The molecule has 0 bridgehead atoms. The fourth-order valence-corrected chi connectivity index (χ4v) is 4.28. The standard InChI is InChI=1S/C24H24N2O3/c1-14-10-11-19-20(12-14)24(29)26(23(19)28)18-9-5-8-17(13-18)22(27)25-21-15(2)6-4-7-16(21)3/h4-10,13,19-20H,11-12H2,1-3H3,(H,25,27)/t19-,20+/m0/s1. The number of imide groups is 1. The summed E-state index contributed by atoms with van der Waals surface area (Å²) in [6.45, 7) is 5.88. The molecule has 1 N–H and O–H groups in total. The van der Waals surface area contributed by atoms with Crippen LogP contribution in [0.25, 0.3) is 0 Å². The van der Waals surface area contributed by atoms with Crippen LogP contribution in [0.1, 0.15) is 41.3 Å². The van der Waals surface area contributed by atoms with Gasteiger partial charge in [0, 0.05) is 11.3 Å². The number of carbonyl (C=O) groups excluding carboxylic acids is 3. The van der Waals surface area contributed by atoms with Crippen LogP contribution in [-0.2, 0) is 9.59 Å². The van der Waals surface area contributed by atoms with E-state index in [1.807, 2.05) is 45.0 Å². The van der Waals surface area contributed by atoms with Gasteiger partial charge in [0.1, 0.15) is 0 Å². The predicted molar refractivity (Wildman–Crippen MR) is 113 cm³/mol. The van der Waals surface area contributed by atoms with Crippen LogP contribution in [0.15, 0.2) is 54.1 Å². The number of nitrogens with zero attached hydrogens (tertiary/aromatic N) is 1. The van der Waals surface area contributed by atoms with Gasteiger partial charge in [-0.3, -0.25) is 19.3 Å². The van der Waals surface area contributed by atoms with Crippen molar-refractivity contribution < 1.29 is 14.4 Å². The summed E-state index contributed by atoms with van der Waals surface area (Å²) in [6.07, 6.45) is 3.27. The monoisotopic (exact) mass is 388 g/mol. The fourth-order valence-electron chi connectivity index (χ4n) is 4.28. The normalized spacial score (nSPS) is 21.1. The molecule has 0 unspecified atom stereocenters. The van der Waals surface area contributed by atoms with Crippen LogP contribution in [0.3, 0.4) is 0 Å². The molecular formula is C24H24N2O3. The van der Waals surface area contributed by atoms with Gasteiger partial charge >= 0.3 is 0 Å². The Kier molecular flexibility index (Phi) is 4.82. The summed E-state index contributed by atoms with van der Waals surface area (Å²) in [5, 5.41) is 2.96. The van der Waals surface area contributed by atoms with Crippen molar-refractivity contribution in [2.75, 3.05) is 10.2 Å². The number of hydrogen-bond acceptors (Lipinski definition) is 3. The number of rotatable bonds is 3. The maximum Gasteiger partial charge on any atom is 0.255 e. The maximum absolute atomic E-state index is 12.9. The van der Waals surface area contributed by atoms with Crippen LogP contribution in [0.4, 0.5) is 11.4 Å². The Hall–Kier alpha value is -3.21. The molecule has 2 aromatic carbocycles. The van der Waals surface area contributed by atoms with Gasteiger partial charge in [0.25, 0.3) is 5.91 Å². The first-order valence-electron chi connectivity index (χ1n) is 9.88. The lowest BCUT2D eigenvalue weighted by atomic mass is 9.82. The van der Waals surface area contributed by atoms with Crippen LogP contribution < -0.4 is 10.2 Å². The Bertz CT molecular complexity index is 1030. The second kappa shape index (κ2) is 7.32. The molecule has 0 saturated carbocycles. The molecule has 4 rings (SSSR count). The highest BCUT2D eigenvalue weighted by Gasteiger charge is 2.48. The van der Waals surface area contributed by atoms with E-state index < -0.39 is 0 Å². The average molecular weight is 388 g/mol. The quantitative estimate of drug-likeness (QED) is 0.626. The van der Waals surface area contributed by atoms with E-state index in [1.54, 1.807) is 24.3 Å². The van der Waals surface area contributed by atoms with Gasteiger partial charge in [0.15, 0.2) is 0 Å². The molecule has 2 atom stereocenters. The van der Waals surface area contributed by atoms with E-state index in [9.17, 15) is 14.4 Å². The number of aryl methyl sites for hydroxylation is 2. The number of carbonyl (C=O) groups is 3. The Morgan fingerprint density at radius 2 is 1.62 bits per heavy atom. The van der Waals surface area contributed by atoms with Gasteiger partial charge < -0.3 is 5.32 Å². The Balaban J connectivity index is 1.60. The average Bonchev–Trinajstić information content (AvgIpc) is 2.94. The minimum absolute atomic E-state index is 0.167. The molecule has 0 radical (unpaired) electrons. The minimum Gasteiger partial charge on any atom is -0.322 e. The number of amides is 3. The lowest BCUT2D eigenvalue weighted by molar-refractivity contribution is -0.122. The summed E-state index contributed by atoms with van der Waals surface area (Å²) in [4.78, 5) is 39.9. The zero-order valence-corrected chi connectivity index (χ0v) is 16.9. The number of anilines is 2. The molecule has 0 spiro atoms. The van der Waals surface area contributed by atoms with Crippen molar-refractivity contribution in [1.82, 2.24) is 0 Å². The highest BCUT2D eigenvalue weighted by molar-refractivity contribution is 6.22. The fraction of sp³-hybridized carbons (Fsp3) is 0.292. The van der Waals surface area contributed by atoms with Gasteiger partial charge in [-0.15, -0.1) is 0 Å². The van der Waals surface area contributed by atoms with Crippen molar-refractivity contribution in [2.24, 2.45) is 11.8 Å². The molecule has 1 fully saturated rings. The minimum atomic E-state index is -0.293. The van der Waals surface area contributed by atoms with Crippen molar-refractivity contribution in [2.45, 2.75) is 33.6 Å². The maximum atomic E-state index is 12.9. The Morgan fingerprint density at radius 3 is 2.34 bits per heavy atom. The first-order chi connectivity index (χ1) is 13.9. The molecule has 1 saturated heterocycles. The van der Waals surface area contributed by atoms with Crippen LogP contribution in [-0.4, -0.2) is 17.7 Å². The lowest BCUT2D eigenvalue weighted by Gasteiger charge is -2.18. The van der Waals surface area contributed by atoms with Gasteiger partial charge in [0.2, 0.25) is 11.8 Å². The van der Waals surface area contributed by atoms with E-state index in [0.29, 0.717) is 24.1 Å². The van der Waals surface area contributed by atoms with Gasteiger partial charge in [-0.05, 0) is 62.9 Å². The first kappa shape index (κ1) is 19.1. The summed E-state index contributed by atoms with van der Waals surface area (Å²) in [5.41, 5.74) is 4.76. The highest BCUT2D eigenvalue weighted by atomic mass is 16.2. The SMILES string of the molecule is CC1=CC[C@@H]2C(=O)N(c3cccc(C(=O)Nc4c(C)cccc4C)c3)C(=O)[C@@H]2C1. The number of benzene rings is 2. The summed E-state index contributed by atoms with van der Waals surface area (Å²) in [5.74, 6) is -1.19. The zero-order valence-electron chi connectivity index (χ0n) is 16.9. The smallest absolute Gasteiger partial charge is 0.255 e. The predicted octanol–water partition coefficient (Wildman–Crippen LogP) is 4.40. The van der Waals surface area contributed by atoms with Crippen molar-refractivity contribution in [3.63, 3.8) is 0 Å². The van der Waals surface area contributed by atoms with Gasteiger partial charge in [-0.25, -0.2) is 0 Å². The third kappa shape index (κ3) is 3.37. The summed E-state index contributed by atoms with van der Waals surface area (Å²) >= 11 is 0. The molecule has 1 heterocycles. The molecule has 5 heteroatoms. The van der Waals surface area contributed by atoms with E-state index in [4.69, 9.17) is 0 Å². The largest absolute Gasteiger partial charge is 0.322 e. The zero-order chi connectivity index (χ0) is 20.7. The van der Waals surface area contributed by atoms with Crippen LogP contribution in [0.2, 0.25) is 0 Å². The van der Waals surface area contributed by atoms with E-state index in [-0.39, 0.29) is 29.6 Å². The topological polar surface area (TPSA) is 66.5 Å². The van der Waals surface area contributed by atoms with E-state index in [2.05, 4.69) is 5.32 Å². The second-order valence-corrected chi connectivity index (χ2v) is 7.99. The highest BCUT2D eigenvalue weighted by Crippen LogP contribution is 2.39. The van der Waals surface area contributed by atoms with E-state index >= 15 is 0 Å². The number of hydrogen-bond donors (Lipinski definition) is 1. The number of fused-ring (bicyclic) bond motifs is 1. The number of nitrogens with one attached hydrogen (secondary N) is 1. The van der Waals surface area contributed by atoms with E-state index in [0.717, 1.165) is 22.4 Å². The van der Waals surface area contributed by atoms with Gasteiger partial charge in [-0.1, -0.05) is 35.9 Å². The number of para-hydroxylation sites is 1. The van der Waals surface area contributed by atoms with Crippen LogP contribution in [0.5, 0.6) is 0 Å². The summed E-state index contributed by atoms with van der Waals surface area (Å²) in [7, 11) is 0. The Morgan fingerprint density at radius 1 is 0.966 bits per heavy atom. The third-order valence-electron chi connectivity index (χ3n) is 5.91. The molecule has 148 valence electrons. The molecule has 29 heavy (non-hydrogen) atoms. The lowest BCUT2D eigenvalue weighted by Crippen LogP contribution is -2.31. The Labute approximate surface area is 170 Å². The van der Waals surface area contributed by atoms with Gasteiger partial charge in [0.05, 0.1) is 17.5 Å². The molecule has 2 aliphatic rings. The molecule has 1 aliphatic heterocycles. The van der Waals surface area contributed by atoms with Crippen molar-refractivity contribution in [3.8, 4) is 0 Å². The third-order valence-corrected chi connectivity index (χ3v) is 5.91.